The maximum absolute atomic E-state index is 12.8. The SMILES string of the molecule is C=C(F)CCCCN1CCC(c2ccc3c(c2)CN(C2CCCNC2)/C3=C/CC)CC1. The van der Waals surface area contributed by atoms with Gasteiger partial charge < -0.3 is 15.1 Å². The fourth-order valence-corrected chi connectivity index (χ4v) is 5.66. The van der Waals surface area contributed by atoms with E-state index in [0.29, 0.717) is 18.4 Å². The molecule has 2 saturated heterocycles. The van der Waals surface area contributed by atoms with Crippen LogP contribution in [0.25, 0.3) is 5.70 Å². The van der Waals surface area contributed by atoms with Gasteiger partial charge in [-0.1, -0.05) is 37.8 Å². The van der Waals surface area contributed by atoms with Gasteiger partial charge in [0.15, 0.2) is 0 Å². The van der Waals surface area contributed by atoms with E-state index in [-0.39, 0.29) is 5.83 Å². The van der Waals surface area contributed by atoms with Gasteiger partial charge in [-0.05, 0) is 94.6 Å². The number of allylic oxidation sites excluding steroid dienone is 2. The third-order valence-corrected chi connectivity index (χ3v) is 7.40. The number of halogens is 1. The van der Waals surface area contributed by atoms with Gasteiger partial charge in [-0.15, -0.1) is 0 Å². The van der Waals surface area contributed by atoms with Gasteiger partial charge in [-0.3, -0.25) is 0 Å². The van der Waals surface area contributed by atoms with Crippen LogP contribution in [0.5, 0.6) is 0 Å². The van der Waals surface area contributed by atoms with E-state index in [1.165, 1.54) is 61.2 Å². The van der Waals surface area contributed by atoms with Gasteiger partial charge in [-0.2, -0.15) is 0 Å². The molecule has 1 unspecified atom stereocenters. The third-order valence-electron chi connectivity index (χ3n) is 7.40. The van der Waals surface area contributed by atoms with Gasteiger partial charge in [-0.25, -0.2) is 4.39 Å². The molecule has 4 rings (SSSR count). The number of likely N-dealkylation sites (tertiary alicyclic amines) is 1. The van der Waals surface area contributed by atoms with E-state index in [4.69, 9.17) is 0 Å². The fraction of sp³-hybridized carbons (Fsp3) is 0.630. The Balaban J connectivity index is 1.36. The van der Waals surface area contributed by atoms with Crippen molar-refractivity contribution in [2.24, 2.45) is 0 Å². The highest BCUT2D eigenvalue weighted by Gasteiger charge is 2.31. The largest absolute Gasteiger partial charge is 0.363 e. The first-order valence-corrected chi connectivity index (χ1v) is 12.5. The molecule has 1 atom stereocenters. The van der Waals surface area contributed by atoms with Crippen LogP contribution in [0.15, 0.2) is 36.7 Å². The van der Waals surface area contributed by atoms with Crippen molar-refractivity contribution in [3.05, 3.63) is 53.4 Å². The second kappa shape index (κ2) is 10.8. The zero-order chi connectivity index (χ0) is 21.6. The van der Waals surface area contributed by atoms with Gasteiger partial charge in [0.1, 0.15) is 0 Å². The molecule has 0 spiro atoms. The number of piperidine rings is 2. The lowest BCUT2D eigenvalue weighted by atomic mass is 9.87. The van der Waals surface area contributed by atoms with Crippen molar-refractivity contribution in [2.45, 2.75) is 76.8 Å². The van der Waals surface area contributed by atoms with Crippen molar-refractivity contribution in [1.29, 1.82) is 0 Å². The Bertz CT molecular complexity index is 773. The number of hydrogen-bond acceptors (Lipinski definition) is 3. The summed E-state index contributed by atoms with van der Waals surface area (Å²) in [4.78, 5) is 5.23. The molecule has 2 fully saturated rings. The average molecular weight is 426 g/mol. The summed E-state index contributed by atoms with van der Waals surface area (Å²) in [5, 5.41) is 3.60. The first-order valence-electron chi connectivity index (χ1n) is 12.5. The molecule has 0 bridgehead atoms. The highest BCUT2D eigenvalue weighted by Crippen LogP contribution is 2.39. The summed E-state index contributed by atoms with van der Waals surface area (Å²) in [6, 6.07) is 7.94. The summed E-state index contributed by atoms with van der Waals surface area (Å²) in [5.74, 6) is 0.502. The Morgan fingerprint density at radius 1 is 1.23 bits per heavy atom. The summed E-state index contributed by atoms with van der Waals surface area (Å²) in [6.45, 7) is 12.4. The van der Waals surface area contributed by atoms with E-state index in [2.05, 4.69) is 52.9 Å². The van der Waals surface area contributed by atoms with Crippen molar-refractivity contribution in [1.82, 2.24) is 15.1 Å². The molecule has 0 radical (unpaired) electrons. The first kappa shape index (κ1) is 22.5. The fourth-order valence-electron chi connectivity index (χ4n) is 5.66. The Morgan fingerprint density at radius 2 is 2.06 bits per heavy atom. The molecular weight excluding hydrogens is 385 g/mol. The first-order chi connectivity index (χ1) is 15.2. The lowest BCUT2D eigenvalue weighted by molar-refractivity contribution is 0.208. The molecule has 0 aliphatic carbocycles. The van der Waals surface area contributed by atoms with Crippen LogP contribution in [0, 0.1) is 0 Å². The number of benzene rings is 1. The summed E-state index contributed by atoms with van der Waals surface area (Å²) in [6.07, 6.45) is 11.1. The van der Waals surface area contributed by atoms with Crippen molar-refractivity contribution in [2.75, 3.05) is 32.7 Å². The van der Waals surface area contributed by atoms with Crippen LogP contribution in [0.1, 0.15) is 80.9 Å². The van der Waals surface area contributed by atoms with E-state index in [0.717, 1.165) is 45.4 Å². The molecule has 0 saturated carbocycles. The normalized spacial score (nSPS) is 24.0. The number of rotatable bonds is 8. The predicted octanol–water partition coefficient (Wildman–Crippen LogP) is 5.84. The van der Waals surface area contributed by atoms with Crippen LogP contribution >= 0.6 is 0 Å². The molecule has 0 aromatic heterocycles. The second-order valence-corrected chi connectivity index (χ2v) is 9.63. The van der Waals surface area contributed by atoms with Crippen LogP contribution in [0.2, 0.25) is 0 Å². The van der Waals surface area contributed by atoms with Crippen LogP contribution in [0.4, 0.5) is 4.39 Å². The zero-order valence-electron chi connectivity index (χ0n) is 19.3. The maximum atomic E-state index is 12.8. The third kappa shape index (κ3) is 5.59. The van der Waals surface area contributed by atoms with Crippen LogP contribution in [-0.4, -0.2) is 48.6 Å². The quantitative estimate of drug-likeness (QED) is 0.528. The lowest BCUT2D eigenvalue weighted by Gasteiger charge is -2.34. The van der Waals surface area contributed by atoms with Gasteiger partial charge in [0.05, 0.1) is 5.83 Å². The second-order valence-electron chi connectivity index (χ2n) is 9.63. The van der Waals surface area contributed by atoms with Crippen molar-refractivity contribution in [3.8, 4) is 0 Å². The number of fused-ring (bicyclic) bond motifs is 1. The zero-order valence-corrected chi connectivity index (χ0v) is 19.3. The summed E-state index contributed by atoms with van der Waals surface area (Å²) in [7, 11) is 0. The molecule has 0 amide bonds. The maximum Gasteiger partial charge on any atom is 0.0928 e. The molecule has 3 aliphatic heterocycles. The van der Waals surface area contributed by atoms with E-state index in [1.807, 2.05) is 0 Å². The molecule has 1 aromatic rings. The Kier molecular flexibility index (Phi) is 7.84. The van der Waals surface area contributed by atoms with Crippen LogP contribution in [-0.2, 0) is 6.54 Å². The van der Waals surface area contributed by atoms with Gasteiger partial charge in [0.2, 0.25) is 0 Å². The molecule has 3 nitrogen and oxygen atoms in total. The lowest BCUT2D eigenvalue weighted by Crippen LogP contribution is -2.43. The smallest absolute Gasteiger partial charge is 0.0928 e. The molecule has 3 aliphatic rings. The highest BCUT2D eigenvalue weighted by molar-refractivity contribution is 5.71. The van der Waals surface area contributed by atoms with Gasteiger partial charge >= 0.3 is 0 Å². The molecule has 1 aromatic carbocycles. The molecule has 1 N–H and O–H groups in total. The van der Waals surface area contributed by atoms with Crippen molar-refractivity contribution in [3.63, 3.8) is 0 Å². The van der Waals surface area contributed by atoms with E-state index in [9.17, 15) is 4.39 Å². The number of nitrogens with zero attached hydrogens (tertiary/aromatic N) is 2. The molecule has 170 valence electrons. The number of unbranched alkanes of at least 4 members (excludes halogenated alkanes) is 1. The van der Waals surface area contributed by atoms with Crippen molar-refractivity contribution >= 4 is 5.70 Å². The molecule has 31 heavy (non-hydrogen) atoms. The van der Waals surface area contributed by atoms with E-state index < -0.39 is 0 Å². The summed E-state index contributed by atoms with van der Waals surface area (Å²) < 4.78 is 12.8. The van der Waals surface area contributed by atoms with E-state index in [1.54, 1.807) is 0 Å². The molecule has 3 heterocycles. The average Bonchev–Trinajstić information content (AvgIpc) is 3.15. The van der Waals surface area contributed by atoms with Crippen LogP contribution < -0.4 is 5.32 Å². The predicted molar refractivity (Wildman–Crippen MR) is 129 cm³/mol. The highest BCUT2D eigenvalue weighted by atomic mass is 19.1. The topological polar surface area (TPSA) is 18.5 Å². The monoisotopic (exact) mass is 425 g/mol. The molecular formula is C27H40FN3. The van der Waals surface area contributed by atoms with Crippen molar-refractivity contribution < 1.29 is 4.39 Å². The standard InChI is InChI=1S/C27H40FN3/c1-3-7-27-26-11-10-23(18-24(26)20-31(27)25-9-6-14-29-19-25)22-12-16-30(17-13-22)15-5-4-8-21(2)28/h7,10-11,18,22,25,29H,2-6,8-9,12-17,19-20H2,1H3/b27-7+. The van der Waals surface area contributed by atoms with Crippen LogP contribution in [0.3, 0.4) is 0 Å². The minimum atomic E-state index is -0.175. The Labute approximate surface area is 188 Å². The summed E-state index contributed by atoms with van der Waals surface area (Å²) >= 11 is 0. The van der Waals surface area contributed by atoms with Gasteiger partial charge in [0, 0.05) is 30.4 Å². The molecule has 4 heteroatoms. The number of hydrogen-bond donors (Lipinski definition) is 1. The minimum Gasteiger partial charge on any atom is -0.363 e. The Hall–Kier alpha value is -1.65. The van der Waals surface area contributed by atoms with E-state index >= 15 is 0 Å². The number of nitrogens with one attached hydrogen (secondary N) is 1. The van der Waals surface area contributed by atoms with Gasteiger partial charge in [0.25, 0.3) is 0 Å². The Morgan fingerprint density at radius 3 is 2.77 bits per heavy atom. The minimum absolute atomic E-state index is 0.175. The summed E-state index contributed by atoms with van der Waals surface area (Å²) in [5.41, 5.74) is 5.98.